The smallest absolute Gasteiger partial charge is 0.408 e. The summed E-state index contributed by atoms with van der Waals surface area (Å²) in [6.45, 7) is 5.34. The van der Waals surface area contributed by atoms with Crippen LogP contribution >= 0.6 is 0 Å². The molecule has 1 aliphatic carbocycles. The number of alkyl carbamates (subject to hydrolysis) is 1. The second-order valence-corrected chi connectivity index (χ2v) is 6.49. The normalized spacial score (nSPS) is 18.1. The number of rotatable bonds is 5. The summed E-state index contributed by atoms with van der Waals surface area (Å²) in [6.07, 6.45) is 6.60. The minimum atomic E-state index is -0.634. The van der Waals surface area contributed by atoms with Crippen molar-refractivity contribution in [2.24, 2.45) is 5.92 Å². The van der Waals surface area contributed by atoms with Gasteiger partial charge in [0.1, 0.15) is 5.60 Å². The summed E-state index contributed by atoms with van der Waals surface area (Å²) in [4.78, 5) is 23.5. The first-order chi connectivity index (χ1) is 9.31. The van der Waals surface area contributed by atoms with Gasteiger partial charge in [-0.1, -0.05) is 32.1 Å². The topological polar surface area (TPSA) is 79.2 Å². The summed E-state index contributed by atoms with van der Waals surface area (Å²) in [6, 6.07) is -0.634. The number of ketones is 1. The van der Waals surface area contributed by atoms with E-state index in [2.05, 4.69) is 5.32 Å². The van der Waals surface area contributed by atoms with E-state index < -0.39 is 17.7 Å². The Kier molecular flexibility index (Phi) is 6.17. The molecule has 1 amide bonds. The molecule has 0 aromatic carbocycles. The summed E-state index contributed by atoms with van der Waals surface area (Å²) >= 11 is 0. The van der Waals surface area contributed by atoms with Gasteiger partial charge in [-0.25, -0.2) is 4.79 Å². The first-order valence-corrected chi connectivity index (χ1v) is 7.35. The number of carbonyl (C=O) groups is 2. The molecule has 0 aromatic rings. The van der Waals surface area contributed by atoms with Crippen LogP contribution in [0.25, 0.3) is 0 Å². The van der Waals surface area contributed by atoms with Gasteiger partial charge in [-0.2, -0.15) is 0 Å². The molecule has 0 heterocycles. The minimum Gasteiger partial charge on any atom is -0.444 e. The van der Waals surface area contributed by atoms with Crippen LogP contribution in [0.15, 0.2) is 0 Å². The summed E-state index contributed by atoms with van der Waals surface area (Å²) in [5.41, 5.74) is -0.590. The average molecular weight is 282 g/mol. The van der Waals surface area contributed by atoms with Crippen molar-refractivity contribution < 1.29 is 14.3 Å². The van der Waals surface area contributed by atoms with E-state index in [4.69, 9.17) is 10.1 Å². The van der Waals surface area contributed by atoms with E-state index in [9.17, 15) is 9.59 Å². The maximum atomic E-state index is 11.8. The Morgan fingerprint density at radius 2 is 1.90 bits per heavy atom. The maximum absolute atomic E-state index is 11.8. The zero-order chi connectivity index (χ0) is 15.2. The highest BCUT2D eigenvalue weighted by atomic mass is 16.6. The lowest BCUT2D eigenvalue weighted by Gasteiger charge is -2.27. The van der Waals surface area contributed by atoms with E-state index >= 15 is 0 Å². The molecule has 0 aliphatic heterocycles. The number of nitrogens with one attached hydrogen (secondary N) is 2. The Hall–Kier alpha value is -1.39. The van der Waals surface area contributed by atoms with Crippen LogP contribution < -0.4 is 5.32 Å². The third kappa shape index (κ3) is 6.17. The zero-order valence-electron chi connectivity index (χ0n) is 12.7. The van der Waals surface area contributed by atoms with E-state index in [1.807, 2.05) is 0 Å². The van der Waals surface area contributed by atoms with Crippen LogP contribution in [0.2, 0.25) is 0 Å². The molecule has 5 heteroatoms. The number of ether oxygens (including phenoxy) is 1. The first kappa shape index (κ1) is 16.7. The largest absolute Gasteiger partial charge is 0.444 e. The van der Waals surface area contributed by atoms with Gasteiger partial charge in [0.05, 0.1) is 12.3 Å². The Morgan fingerprint density at radius 3 is 2.40 bits per heavy atom. The first-order valence-electron chi connectivity index (χ1n) is 7.35. The van der Waals surface area contributed by atoms with Gasteiger partial charge in [0, 0.05) is 0 Å². The molecule has 0 saturated heterocycles. The van der Waals surface area contributed by atoms with Crippen molar-refractivity contribution >= 4 is 18.1 Å². The SMILES string of the molecule is CC(C)(C)OC(=O)N[C@@H](CC1CCCCC1)C(=O)C=N. The van der Waals surface area contributed by atoms with Crippen LogP contribution in [0.4, 0.5) is 4.79 Å². The predicted octanol–water partition coefficient (Wildman–Crippen LogP) is 3.07. The van der Waals surface area contributed by atoms with Gasteiger partial charge in [-0.3, -0.25) is 4.79 Å². The molecule has 0 aromatic heterocycles. The van der Waals surface area contributed by atoms with Crippen molar-refractivity contribution in [1.82, 2.24) is 5.32 Å². The van der Waals surface area contributed by atoms with Gasteiger partial charge in [0.2, 0.25) is 0 Å². The van der Waals surface area contributed by atoms with Gasteiger partial charge in [-0.15, -0.1) is 0 Å². The third-order valence-electron chi connectivity index (χ3n) is 3.47. The molecule has 0 spiro atoms. The highest BCUT2D eigenvalue weighted by Gasteiger charge is 2.26. The molecular weight excluding hydrogens is 256 g/mol. The van der Waals surface area contributed by atoms with E-state index in [0.717, 1.165) is 19.1 Å². The Labute approximate surface area is 121 Å². The predicted molar refractivity (Wildman–Crippen MR) is 78.1 cm³/mol. The zero-order valence-corrected chi connectivity index (χ0v) is 12.7. The molecule has 114 valence electrons. The number of hydrogen-bond donors (Lipinski definition) is 2. The van der Waals surface area contributed by atoms with Crippen molar-refractivity contribution in [1.29, 1.82) is 5.41 Å². The summed E-state index contributed by atoms with van der Waals surface area (Å²) in [7, 11) is 0. The molecule has 0 unspecified atom stereocenters. The Balaban J connectivity index is 2.57. The highest BCUT2D eigenvalue weighted by molar-refractivity contribution is 6.29. The fourth-order valence-corrected chi connectivity index (χ4v) is 2.55. The molecule has 5 nitrogen and oxygen atoms in total. The van der Waals surface area contributed by atoms with Gasteiger partial charge in [0.25, 0.3) is 0 Å². The van der Waals surface area contributed by atoms with Crippen LogP contribution in [0, 0.1) is 11.3 Å². The average Bonchev–Trinajstić information content (AvgIpc) is 2.36. The second kappa shape index (κ2) is 7.41. The molecule has 0 radical (unpaired) electrons. The van der Waals surface area contributed by atoms with Crippen molar-refractivity contribution in [3.05, 3.63) is 0 Å². The van der Waals surface area contributed by atoms with Crippen LogP contribution in [-0.4, -0.2) is 29.7 Å². The highest BCUT2D eigenvalue weighted by Crippen LogP contribution is 2.27. The Bertz CT molecular complexity index is 355. The second-order valence-electron chi connectivity index (χ2n) is 6.49. The molecule has 20 heavy (non-hydrogen) atoms. The standard InChI is InChI=1S/C15H26N2O3/c1-15(2,3)20-14(19)17-12(13(18)10-16)9-11-7-5-4-6-8-11/h10-12,16H,4-9H2,1-3H3,(H,17,19)/t12-/m0/s1. The molecule has 1 atom stereocenters. The van der Waals surface area contributed by atoms with Crippen LogP contribution in [-0.2, 0) is 9.53 Å². The monoisotopic (exact) mass is 282 g/mol. The fourth-order valence-electron chi connectivity index (χ4n) is 2.55. The van der Waals surface area contributed by atoms with Crippen molar-refractivity contribution in [3.8, 4) is 0 Å². The van der Waals surface area contributed by atoms with E-state index in [1.165, 1.54) is 19.3 Å². The van der Waals surface area contributed by atoms with Crippen molar-refractivity contribution in [2.45, 2.75) is 70.9 Å². The molecule has 1 aliphatic rings. The molecule has 0 bridgehead atoms. The van der Waals surface area contributed by atoms with Gasteiger partial charge in [-0.05, 0) is 33.1 Å². The van der Waals surface area contributed by atoms with Crippen LogP contribution in [0.5, 0.6) is 0 Å². The molecule has 1 fully saturated rings. The van der Waals surface area contributed by atoms with E-state index in [-0.39, 0.29) is 5.78 Å². The van der Waals surface area contributed by atoms with E-state index in [1.54, 1.807) is 20.8 Å². The number of hydrogen-bond acceptors (Lipinski definition) is 4. The van der Waals surface area contributed by atoms with Gasteiger partial charge >= 0.3 is 6.09 Å². The maximum Gasteiger partial charge on any atom is 0.408 e. The Morgan fingerprint density at radius 1 is 1.30 bits per heavy atom. The van der Waals surface area contributed by atoms with Crippen molar-refractivity contribution in [2.75, 3.05) is 0 Å². The summed E-state index contributed by atoms with van der Waals surface area (Å²) < 4.78 is 5.17. The van der Waals surface area contributed by atoms with Gasteiger partial charge < -0.3 is 15.5 Å². The molecular formula is C15H26N2O3. The minimum absolute atomic E-state index is 0.360. The van der Waals surface area contributed by atoms with Crippen molar-refractivity contribution in [3.63, 3.8) is 0 Å². The van der Waals surface area contributed by atoms with Crippen LogP contribution in [0.3, 0.4) is 0 Å². The van der Waals surface area contributed by atoms with Gasteiger partial charge in [0.15, 0.2) is 5.78 Å². The number of amides is 1. The lowest BCUT2D eigenvalue weighted by atomic mass is 9.84. The third-order valence-corrected chi connectivity index (χ3v) is 3.47. The lowest BCUT2D eigenvalue weighted by molar-refractivity contribution is -0.115. The summed E-state index contributed by atoms with van der Waals surface area (Å²) in [5, 5.41) is 9.72. The fraction of sp³-hybridized carbons (Fsp3) is 0.800. The van der Waals surface area contributed by atoms with Crippen LogP contribution in [0.1, 0.15) is 59.3 Å². The molecule has 2 N–H and O–H groups in total. The molecule has 1 rings (SSSR count). The lowest BCUT2D eigenvalue weighted by Crippen LogP contribution is -2.45. The quantitative estimate of drug-likeness (QED) is 0.760. The summed E-state index contributed by atoms with van der Waals surface area (Å²) in [5.74, 6) is 0.0917. The number of Topliss-reactive ketones (excluding diaryl/α,β-unsaturated/α-hetero) is 1. The molecule has 1 saturated carbocycles. The van der Waals surface area contributed by atoms with E-state index in [0.29, 0.717) is 12.3 Å². The number of carbonyl (C=O) groups excluding carboxylic acids is 2.